The summed E-state index contributed by atoms with van der Waals surface area (Å²) in [7, 11) is -4.04. The van der Waals surface area contributed by atoms with Crippen LogP contribution in [0.2, 0.25) is 0 Å². The van der Waals surface area contributed by atoms with Crippen molar-refractivity contribution in [2.75, 3.05) is 17.1 Å². The van der Waals surface area contributed by atoms with Crippen molar-refractivity contribution < 1.29 is 22.9 Å². The molecular formula is C30H36N4O6S. The maximum absolute atomic E-state index is 14.1. The summed E-state index contributed by atoms with van der Waals surface area (Å²) in [5.74, 6) is -1.01. The Bertz CT molecular complexity index is 1500. The van der Waals surface area contributed by atoms with Crippen molar-refractivity contribution in [1.29, 1.82) is 0 Å². The van der Waals surface area contributed by atoms with E-state index in [1.54, 1.807) is 0 Å². The Morgan fingerprint density at radius 1 is 0.976 bits per heavy atom. The topological polar surface area (TPSA) is 130 Å². The van der Waals surface area contributed by atoms with Gasteiger partial charge in [0.05, 0.1) is 16.9 Å². The zero-order valence-corrected chi connectivity index (χ0v) is 24.7. The molecule has 0 aliphatic heterocycles. The van der Waals surface area contributed by atoms with Gasteiger partial charge in [-0.25, -0.2) is 8.42 Å². The van der Waals surface area contributed by atoms with Crippen LogP contribution in [0.5, 0.6) is 0 Å². The summed E-state index contributed by atoms with van der Waals surface area (Å²) in [5, 5.41) is 14.3. The van der Waals surface area contributed by atoms with Crippen LogP contribution in [-0.2, 0) is 32.6 Å². The van der Waals surface area contributed by atoms with Gasteiger partial charge in [0.1, 0.15) is 12.6 Å². The second kappa shape index (κ2) is 12.9. The molecule has 3 aromatic rings. The molecule has 0 aliphatic rings. The van der Waals surface area contributed by atoms with Gasteiger partial charge in [-0.1, -0.05) is 60.7 Å². The van der Waals surface area contributed by atoms with Gasteiger partial charge < -0.3 is 10.2 Å². The first-order valence-corrected chi connectivity index (χ1v) is 14.9. The molecule has 0 radical (unpaired) electrons. The number of nitrogens with one attached hydrogen (secondary N) is 1. The number of rotatable bonds is 11. The fraction of sp³-hybridized carbons (Fsp3) is 0.333. The average Bonchev–Trinajstić information content (AvgIpc) is 2.89. The molecule has 10 nitrogen and oxygen atoms in total. The smallest absolute Gasteiger partial charge is 0.271 e. The Labute approximate surface area is 241 Å². The summed E-state index contributed by atoms with van der Waals surface area (Å²) in [6.45, 7) is 6.81. The van der Waals surface area contributed by atoms with Gasteiger partial charge in [-0.15, -0.1) is 0 Å². The maximum atomic E-state index is 14.1. The molecule has 0 heterocycles. The van der Waals surface area contributed by atoms with Crippen LogP contribution in [0.3, 0.4) is 0 Å². The normalized spacial score (nSPS) is 12.3. The van der Waals surface area contributed by atoms with Crippen LogP contribution >= 0.6 is 0 Å². The van der Waals surface area contributed by atoms with E-state index >= 15 is 0 Å². The molecule has 1 unspecified atom stereocenters. The van der Waals surface area contributed by atoms with Crippen molar-refractivity contribution in [1.82, 2.24) is 10.2 Å². The van der Waals surface area contributed by atoms with E-state index in [1.807, 2.05) is 82.3 Å². The zero-order chi connectivity index (χ0) is 30.4. The van der Waals surface area contributed by atoms with Gasteiger partial charge in [-0.3, -0.25) is 24.0 Å². The van der Waals surface area contributed by atoms with Crippen molar-refractivity contribution in [3.8, 4) is 0 Å². The van der Waals surface area contributed by atoms with E-state index in [1.165, 1.54) is 23.1 Å². The van der Waals surface area contributed by atoms with Crippen LogP contribution in [0.1, 0.15) is 37.5 Å². The highest BCUT2D eigenvalue weighted by molar-refractivity contribution is 7.92. The second-order valence-corrected chi connectivity index (χ2v) is 12.8. The number of carbonyl (C=O) groups is 2. The minimum absolute atomic E-state index is 0.0235. The predicted molar refractivity (Wildman–Crippen MR) is 159 cm³/mol. The number of sulfonamides is 1. The van der Waals surface area contributed by atoms with Gasteiger partial charge in [0, 0.05) is 30.6 Å². The van der Waals surface area contributed by atoms with Crippen LogP contribution in [-0.4, -0.2) is 54.4 Å². The van der Waals surface area contributed by atoms with E-state index in [4.69, 9.17) is 0 Å². The molecule has 3 rings (SSSR count). The lowest BCUT2D eigenvalue weighted by molar-refractivity contribution is -0.384. The summed E-state index contributed by atoms with van der Waals surface area (Å²) in [4.78, 5) is 40.0. The number of nitro groups is 1. The molecule has 41 heavy (non-hydrogen) atoms. The number of nitrogens with zero attached hydrogens (tertiary/aromatic N) is 3. The zero-order valence-electron chi connectivity index (χ0n) is 23.9. The van der Waals surface area contributed by atoms with Crippen molar-refractivity contribution in [3.05, 3.63) is 106 Å². The lowest BCUT2D eigenvalue weighted by Crippen LogP contribution is -2.56. The van der Waals surface area contributed by atoms with Gasteiger partial charge in [-0.2, -0.15) is 0 Å². The molecule has 0 fully saturated rings. The standard InChI is InChI=1S/C30H36N4O6S/c1-22-12-9-10-15-24(22)20-32(27(29(36)31-30(2,3)4)18-23-13-7-6-8-14-23)28(35)21-33(41(5,39)40)25-16-11-17-26(19-25)34(37)38/h6-17,19,27H,18,20-21H2,1-5H3,(H,31,36). The lowest BCUT2D eigenvalue weighted by Gasteiger charge is -2.35. The Balaban J connectivity index is 2.10. The minimum atomic E-state index is -4.04. The second-order valence-electron chi connectivity index (χ2n) is 10.9. The van der Waals surface area contributed by atoms with Gasteiger partial charge in [0.2, 0.25) is 21.8 Å². The summed E-state index contributed by atoms with van der Waals surface area (Å²) in [5.41, 5.74) is 1.59. The van der Waals surface area contributed by atoms with Crippen LogP contribution < -0.4 is 9.62 Å². The number of hydrogen-bond acceptors (Lipinski definition) is 6. The molecule has 0 saturated heterocycles. The van der Waals surface area contributed by atoms with Crippen molar-refractivity contribution in [2.24, 2.45) is 0 Å². The molecule has 218 valence electrons. The number of hydrogen-bond donors (Lipinski definition) is 1. The van der Waals surface area contributed by atoms with Crippen LogP contribution in [0.25, 0.3) is 0 Å². The quantitative estimate of drug-likeness (QED) is 0.267. The molecule has 11 heteroatoms. The first-order valence-electron chi connectivity index (χ1n) is 13.1. The predicted octanol–water partition coefficient (Wildman–Crippen LogP) is 4.22. The summed E-state index contributed by atoms with van der Waals surface area (Å²) in [6.07, 6.45) is 1.12. The highest BCUT2D eigenvalue weighted by Gasteiger charge is 2.34. The molecule has 0 bridgehead atoms. The van der Waals surface area contributed by atoms with Crippen LogP contribution in [0.4, 0.5) is 11.4 Å². The van der Waals surface area contributed by atoms with E-state index in [0.717, 1.165) is 33.3 Å². The first kappa shape index (κ1) is 31.3. The number of aryl methyl sites for hydroxylation is 1. The van der Waals surface area contributed by atoms with Gasteiger partial charge in [-0.05, 0) is 50.5 Å². The average molecular weight is 581 g/mol. The SMILES string of the molecule is Cc1ccccc1CN(C(=O)CN(c1cccc([N+](=O)[O-])c1)S(C)(=O)=O)C(Cc1ccccc1)C(=O)NC(C)(C)C. The van der Waals surface area contributed by atoms with E-state index < -0.39 is 39.0 Å². The fourth-order valence-electron chi connectivity index (χ4n) is 4.35. The number of carbonyl (C=O) groups excluding carboxylic acids is 2. The van der Waals surface area contributed by atoms with E-state index in [-0.39, 0.29) is 30.2 Å². The van der Waals surface area contributed by atoms with Gasteiger partial charge >= 0.3 is 0 Å². The Morgan fingerprint density at radius 2 is 1.61 bits per heavy atom. The van der Waals surface area contributed by atoms with Crippen molar-refractivity contribution in [2.45, 2.75) is 52.2 Å². The number of non-ortho nitro benzene ring substituents is 1. The molecule has 0 aliphatic carbocycles. The number of amides is 2. The number of nitro benzene ring substituents is 1. The molecule has 3 aromatic carbocycles. The fourth-order valence-corrected chi connectivity index (χ4v) is 5.19. The Morgan fingerprint density at radius 3 is 2.20 bits per heavy atom. The summed E-state index contributed by atoms with van der Waals surface area (Å²) < 4.78 is 26.6. The minimum Gasteiger partial charge on any atom is -0.350 e. The third-order valence-electron chi connectivity index (χ3n) is 6.38. The van der Waals surface area contributed by atoms with Crippen LogP contribution in [0.15, 0.2) is 78.9 Å². The highest BCUT2D eigenvalue weighted by atomic mass is 32.2. The van der Waals surface area contributed by atoms with Gasteiger partial charge in [0.15, 0.2) is 0 Å². The lowest BCUT2D eigenvalue weighted by atomic mass is 10.00. The first-order chi connectivity index (χ1) is 19.2. The number of anilines is 1. The third-order valence-corrected chi connectivity index (χ3v) is 7.52. The summed E-state index contributed by atoms with van der Waals surface area (Å²) in [6, 6.07) is 20.8. The third kappa shape index (κ3) is 8.87. The van der Waals surface area contributed by atoms with Gasteiger partial charge in [0.25, 0.3) is 5.69 Å². The summed E-state index contributed by atoms with van der Waals surface area (Å²) >= 11 is 0. The van der Waals surface area contributed by atoms with E-state index in [0.29, 0.717) is 0 Å². The monoisotopic (exact) mass is 580 g/mol. The molecule has 1 atom stereocenters. The molecule has 0 spiro atoms. The Kier molecular flexibility index (Phi) is 9.88. The van der Waals surface area contributed by atoms with E-state index in [9.17, 15) is 28.1 Å². The van der Waals surface area contributed by atoms with Crippen molar-refractivity contribution in [3.63, 3.8) is 0 Å². The maximum Gasteiger partial charge on any atom is 0.271 e. The molecule has 2 amide bonds. The van der Waals surface area contributed by atoms with E-state index in [2.05, 4.69) is 5.32 Å². The molecule has 1 N–H and O–H groups in total. The van der Waals surface area contributed by atoms with Crippen LogP contribution in [0, 0.1) is 17.0 Å². The van der Waals surface area contributed by atoms with Crippen molar-refractivity contribution >= 4 is 33.2 Å². The number of benzene rings is 3. The highest BCUT2D eigenvalue weighted by Crippen LogP contribution is 2.25. The molecule has 0 aromatic heterocycles. The largest absolute Gasteiger partial charge is 0.350 e. The molecule has 0 saturated carbocycles. The molecular weight excluding hydrogens is 544 g/mol. The Hall–Kier alpha value is -4.25.